The summed E-state index contributed by atoms with van der Waals surface area (Å²) in [6, 6.07) is 5.51. The van der Waals surface area contributed by atoms with E-state index >= 15 is 4.39 Å². The third-order valence-electron chi connectivity index (χ3n) is 12.1. The van der Waals surface area contributed by atoms with Crippen LogP contribution in [0.4, 0.5) is 29.1 Å². The van der Waals surface area contributed by atoms with E-state index in [1.807, 2.05) is 30.2 Å². The van der Waals surface area contributed by atoms with Gasteiger partial charge in [-0.15, -0.1) is 0 Å². The number of unbranched alkanes of at least 4 members (excludes halogenated alkanes) is 1. The molecule has 2 aromatic carbocycles. The number of fused-ring (bicyclic) bond motifs is 3. The smallest absolute Gasteiger partial charge is 0.318 e. The average molecular weight is 778 g/mol. The van der Waals surface area contributed by atoms with Crippen LogP contribution in [-0.4, -0.2) is 108 Å². The molecule has 1 N–H and O–H groups in total. The van der Waals surface area contributed by atoms with Crippen LogP contribution in [0.3, 0.4) is 0 Å². The van der Waals surface area contributed by atoms with Gasteiger partial charge in [-0.1, -0.05) is 33.3 Å². The van der Waals surface area contributed by atoms with Crippen LogP contribution in [0.25, 0.3) is 16.8 Å². The lowest BCUT2D eigenvalue weighted by Crippen LogP contribution is -2.43. The molecular formula is C43H55F4N7O2. The van der Waals surface area contributed by atoms with Crippen molar-refractivity contribution in [2.24, 2.45) is 10.9 Å². The van der Waals surface area contributed by atoms with Gasteiger partial charge in [-0.2, -0.15) is 9.97 Å². The highest BCUT2D eigenvalue weighted by Gasteiger charge is 2.49. The first-order valence-electron chi connectivity index (χ1n) is 20.2. The highest BCUT2D eigenvalue weighted by molar-refractivity contribution is 6.01. The Morgan fingerprint density at radius 1 is 1.12 bits per heavy atom. The molecule has 0 spiro atoms. The molecule has 0 amide bonds. The molecule has 56 heavy (non-hydrogen) atoms. The van der Waals surface area contributed by atoms with E-state index in [0.717, 1.165) is 60.6 Å². The molecule has 3 aromatic rings. The molecule has 2 saturated heterocycles. The van der Waals surface area contributed by atoms with Crippen molar-refractivity contribution in [3.05, 3.63) is 64.8 Å². The molecule has 4 aliphatic rings. The Labute approximate surface area is 327 Å². The van der Waals surface area contributed by atoms with Crippen LogP contribution in [0.15, 0.2) is 47.1 Å². The van der Waals surface area contributed by atoms with Gasteiger partial charge in [-0.05, 0) is 93.6 Å². The zero-order chi connectivity index (χ0) is 39.7. The summed E-state index contributed by atoms with van der Waals surface area (Å²) in [6.45, 7) is 9.48. The zero-order valence-electron chi connectivity index (χ0n) is 33.2. The Kier molecular flexibility index (Phi) is 11.9. The second-order valence-electron chi connectivity index (χ2n) is 16.0. The maximum atomic E-state index is 15.2. The molecule has 2 fully saturated rings. The first kappa shape index (κ1) is 40.0. The Morgan fingerprint density at radius 3 is 2.68 bits per heavy atom. The number of rotatable bonds is 15. The van der Waals surface area contributed by atoms with Crippen molar-refractivity contribution >= 4 is 34.1 Å². The van der Waals surface area contributed by atoms with Crippen LogP contribution in [-0.2, 0) is 13.0 Å². The van der Waals surface area contributed by atoms with Crippen LogP contribution in [0.5, 0.6) is 11.8 Å². The number of phenolic OH excluding ortho intramolecular Hbond substituents is 1. The number of hydrogen-bond donors (Lipinski definition) is 1. The van der Waals surface area contributed by atoms with Gasteiger partial charge in [0.1, 0.15) is 36.2 Å². The lowest BCUT2D eigenvalue weighted by atomic mass is 9.90. The Bertz CT molecular complexity index is 2000. The number of aromatic nitrogens is 2. The number of dihydropyridines is 1. The molecule has 0 radical (unpaired) electrons. The number of halogens is 4. The molecule has 9 nitrogen and oxygen atoms in total. The number of aromatic hydroxyl groups is 1. The first-order chi connectivity index (χ1) is 26.9. The van der Waals surface area contributed by atoms with Crippen LogP contribution in [0.1, 0.15) is 76.1 Å². The molecule has 4 aliphatic heterocycles. The van der Waals surface area contributed by atoms with Crippen molar-refractivity contribution in [1.82, 2.24) is 19.8 Å². The zero-order valence-corrected chi connectivity index (χ0v) is 33.2. The highest BCUT2D eigenvalue weighted by Crippen LogP contribution is 2.42. The van der Waals surface area contributed by atoms with Crippen molar-refractivity contribution in [1.29, 1.82) is 0 Å². The normalized spacial score (nSPS) is 22.8. The Balaban J connectivity index is 1.31. The van der Waals surface area contributed by atoms with E-state index < -0.39 is 24.2 Å². The Morgan fingerprint density at radius 2 is 1.95 bits per heavy atom. The molecule has 0 bridgehead atoms. The number of phenols is 1. The maximum Gasteiger partial charge on any atom is 0.318 e. The van der Waals surface area contributed by atoms with Crippen molar-refractivity contribution in [3.8, 4) is 11.8 Å². The fraction of sp³-hybridized carbons (Fsp3) is 0.558. The maximum absolute atomic E-state index is 15.2. The summed E-state index contributed by atoms with van der Waals surface area (Å²) in [5, 5.41) is 12.3. The lowest BCUT2D eigenvalue weighted by molar-refractivity contribution is 0.0829. The van der Waals surface area contributed by atoms with Crippen LogP contribution in [0, 0.1) is 11.7 Å². The fourth-order valence-electron chi connectivity index (χ4n) is 9.20. The molecule has 0 saturated carbocycles. The molecule has 7 rings (SSSR count). The molecule has 302 valence electrons. The van der Waals surface area contributed by atoms with Crippen molar-refractivity contribution < 1.29 is 27.4 Å². The second kappa shape index (κ2) is 16.7. The minimum Gasteiger partial charge on any atom is -0.508 e. The number of aryl methyl sites for hydroxylation is 1. The Hall–Kier alpha value is -4.23. The lowest BCUT2D eigenvalue weighted by Gasteiger charge is -2.34. The summed E-state index contributed by atoms with van der Waals surface area (Å²) in [4.78, 5) is 22.6. The van der Waals surface area contributed by atoms with E-state index in [2.05, 4.69) is 28.6 Å². The number of anilines is 2. The monoisotopic (exact) mass is 777 g/mol. The van der Waals surface area contributed by atoms with Gasteiger partial charge in [0.05, 0.1) is 29.2 Å². The topological polar surface area (TPSA) is 80.6 Å². The number of benzene rings is 2. The summed E-state index contributed by atoms with van der Waals surface area (Å²) in [7, 11) is 3.30. The van der Waals surface area contributed by atoms with Gasteiger partial charge in [0, 0.05) is 61.7 Å². The minimum absolute atomic E-state index is 0.0686. The number of ether oxygens (including phenoxy) is 1. The van der Waals surface area contributed by atoms with Gasteiger partial charge in [0.25, 0.3) is 6.43 Å². The summed E-state index contributed by atoms with van der Waals surface area (Å²) in [6.07, 6.45) is 7.56. The third kappa shape index (κ3) is 7.85. The SMILES string of the molecule is CCCCN(CC1=CC(C(C(F)F)N(C)C)=NCC1CC)c1nc(OC[C@@]23CCCN2C[C@H](F)C3)nc2c1C=CN(c1cc(O)cc3ccc(F)c(CC)c13)C2. The van der Waals surface area contributed by atoms with Crippen LogP contribution in [0.2, 0.25) is 0 Å². The van der Waals surface area contributed by atoms with Gasteiger partial charge >= 0.3 is 6.01 Å². The van der Waals surface area contributed by atoms with Crippen molar-refractivity contribution in [3.63, 3.8) is 0 Å². The van der Waals surface area contributed by atoms with Gasteiger partial charge in [-0.3, -0.25) is 14.8 Å². The fourth-order valence-corrected chi connectivity index (χ4v) is 9.20. The number of alkyl halides is 3. The van der Waals surface area contributed by atoms with Crippen molar-refractivity contribution in [2.45, 2.75) is 96.4 Å². The van der Waals surface area contributed by atoms with E-state index in [-0.39, 0.29) is 36.6 Å². The standard InChI is InChI=1S/C43H55F4N7O2/c1-6-9-15-53(23-29-19-35(48-22-27(29)7-2)39(40(46)47)51(4)5)41-33-13-17-52(37-20-31(55)18-28-11-12-34(45)32(8-3)38(28)37)25-36(33)49-42(50-41)56-26-43-14-10-16-54(43)24-30(44)21-43/h11-13,17-20,27,30,39-40,55H,6-10,14-16,21-26H2,1-5H3/t27?,30-,39?,43+/m1/s1. The number of hydrogen-bond acceptors (Lipinski definition) is 9. The molecule has 1 aromatic heterocycles. The average Bonchev–Trinajstić information content (AvgIpc) is 3.70. The van der Waals surface area contributed by atoms with Gasteiger partial charge in [0.15, 0.2) is 0 Å². The molecule has 5 heterocycles. The number of aliphatic imine (C=N–C) groups is 1. The largest absolute Gasteiger partial charge is 0.508 e. The van der Waals surface area contributed by atoms with E-state index in [0.29, 0.717) is 67.5 Å². The second-order valence-corrected chi connectivity index (χ2v) is 16.0. The summed E-state index contributed by atoms with van der Waals surface area (Å²) >= 11 is 0. The van der Waals surface area contributed by atoms with Crippen molar-refractivity contribution in [2.75, 3.05) is 63.2 Å². The van der Waals surface area contributed by atoms with Gasteiger partial charge < -0.3 is 19.6 Å². The molecule has 4 atom stereocenters. The predicted molar refractivity (Wildman–Crippen MR) is 216 cm³/mol. The highest BCUT2D eigenvalue weighted by atomic mass is 19.3. The van der Waals surface area contributed by atoms with E-state index in [1.54, 1.807) is 32.3 Å². The molecule has 2 unspecified atom stereocenters. The molecule has 13 heteroatoms. The third-order valence-corrected chi connectivity index (χ3v) is 12.1. The first-order valence-corrected chi connectivity index (χ1v) is 20.2. The summed E-state index contributed by atoms with van der Waals surface area (Å²) < 4.78 is 65.1. The predicted octanol–water partition coefficient (Wildman–Crippen LogP) is 8.19. The van der Waals surface area contributed by atoms with Gasteiger partial charge in [0.2, 0.25) is 0 Å². The van der Waals surface area contributed by atoms with Gasteiger partial charge in [-0.25, -0.2) is 17.6 Å². The number of nitrogens with zero attached hydrogens (tertiary/aromatic N) is 7. The van der Waals surface area contributed by atoms with Crippen LogP contribution < -0.4 is 14.5 Å². The van der Waals surface area contributed by atoms with E-state index in [4.69, 9.17) is 14.7 Å². The summed E-state index contributed by atoms with van der Waals surface area (Å²) in [5.41, 5.74) is 3.72. The van der Waals surface area contributed by atoms with Crippen LogP contribution >= 0.6 is 0 Å². The summed E-state index contributed by atoms with van der Waals surface area (Å²) in [5.74, 6) is 0.519. The molecule has 0 aliphatic carbocycles. The minimum atomic E-state index is -2.59. The van der Waals surface area contributed by atoms with E-state index in [9.17, 15) is 18.3 Å². The van der Waals surface area contributed by atoms with E-state index in [1.165, 1.54) is 11.0 Å². The molecular weight excluding hydrogens is 723 g/mol. The quantitative estimate of drug-likeness (QED) is 0.155.